The number of hydrogen-bond donors (Lipinski definition) is 0. The van der Waals surface area contributed by atoms with Gasteiger partial charge >= 0.3 is 0 Å². The van der Waals surface area contributed by atoms with E-state index in [1.807, 2.05) is 60.8 Å². The van der Waals surface area contributed by atoms with Crippen molar-refractivity contribution in [1.29, 1.82) is 0 Å². The molecule has 61 heavy (non-hydrogen) atoms. The van der Waals surface area contributed by atoms with E-state index in [1.165, 1.54) is 0 Å². The molecule has 7 heteroatoms. The van der Waals surface area contributed by atoms with Crippen LogP contribution in [0.2, 0.25) is 0 Å². The largest absolute Gasteiger partial charge is 0.510 e. The average molecular weight is 964 g/mol. The third-order valence-electron chi connectivity index (χ3n) is 11.2. The van der Waals surface area contributed by atoms with Crippen LogP contribution in [-0.4, -0.2) is 14.1 Å². The molecule has 0 unspecified atom stereocenters. The third-order valence-corrected chi connectivity index (χ3v) is 11.2. The summed E-state index contributed by atoms with van der Waals surface area (Å²) in [5.41, 5.74) is 11.8. The molecule has 0 aliphatic rings. The first-order valence-corrected chi connectivity index (χ1v) is 19.9. The fraction of sp³-hybridized carbons (Fsp3) is 0. The number of fused-ring (bicyclic) bond motifs is 7. The van der Waals surface area contributed by atoms with Gasteiger partial charge in [0.2, 0.25) is 0 Å². The summed E-state index contributed by atoms with van der Waals surface area (Å²) in [5.74, 6) is 1.85. The number of ether oxygens (including phenoxy) is 1. The van der Waals surface area contributed by atoms with Crippen molar-refractivity contribution in [2.45, 2.75) is 0 Å². The van der Waals surface area contributed by atoms with Crippen LogP contribution in [0.25, 0.3) is 94.2 Å². The Bertz CT molecular complexity index is 3530. The van der Waals surface area contributed by atoms with E-state index >= 15 is 0 Å². The van der Waals surface area contributed by atoms with Crippen LogP contribution >= 0.6 is 0 Å². The summed E-state index contributed by atoms with van der Waals surface area (Å²) in [6.07, 6.45) is 5.64. The molecular weight excluding hydrogens is 932 g/mol. The van der Waals surface area contributed by atoms with Crippen molar-refractivity contribution in [2.75, 3.05) is 0 Å². The van der Waals surface area contributed by atoms with Gasteiger partial charge < -0.3 is 18.3 Å². The van der Waals surface area contributed by atoms with Gasteiger partial charge in [-0.2, -0.15) is 18.2 Å². The van der Waals surface area contributed by atoms with Gasteiger partial charge in [0.1, 0.15) is 17.0 Å². The number of para-hydroxylation sites is 5. The van der Waals surface area contributed by atoms with Gasteiger partial charge in [-0.25, -0.2) is 4.98 Å². The Balaban J connectivity index is 0.00000420. The summed E-state index contributed by atoms with van der Waals surface area (Å²) in [6.45, 7) is 0. The second kappa shape index (κ2) is 14.9. The van der Waals surface area contributed by atoms with E-state index in [2.05, 4.69) is 166 Å². The number of hydrogen-bond acceptors (Lipinski definition) is 3. The molecule has 0 bridgehead atoms. The molecule has 12 rings (SSSR count). The van der Waals surface area contributed by atoms with Crippen LogP contribution < -0.4 is 9.30 Å². The van der Waals surface area contributed by atoms with E-state index in [0.29, 0.717) is 11.5 Å². The molecule has 12 aromatic rings. The summed E-state index contributed by atoms with van der Waals surface area (Å²) in [7, 11) is 0. The normalized spacial score (nSPS) is 11.5. The number of nitrogens with zero attached hydrogens (tertiary/aromatic N) is 4. The van der Waals surface area contributed by atoms with Crippen molar-refractivity contribution in [1.82, 2.24) is 14.1 Å². The Labute approximate surface area is 365 Å². The molecule has 0 radical (unpaired) electrons. The quantitative estimate of drug-likeness (QED) is 0.118. The molecule has 0 saturated heterocycles. The van der Waals surface area contributed by atoms with Gasteiger partial charge in [0, 0.05) is 61.1 Å². The standard InChI is InChI=1S/C54H32N4O2.Pt/c1-3-15-36(16-4-1)41-23-14-24-42(37-17-5-2-6-18-37)54(41)57-35-56(48-26-10-11-27-49(48)57)38-19-13-20-39(31-38)59-40-29-30-44-43-21-7-9-25-47(43)58(50(44)32-40)53-33-52-46(34-55-53)45-22-8-12-28-51(45)60-52;/h1-30,33-34H;/q-2;. The van der Waals surface area contributed by atoms with Gasteiger partial charge in [-0.15, -0.1) is 29.7 Å². The molecule has 0 fully saturated rings. The van der Waals surface area contributed by atoms with Crippen LogP contribution in [0, 0.1) is 18.5 Å². The second-order valence-corrected chi connectivity index (χ2v) is 14.8. The molecule has 0 aliphatic carbocycles. The Hall–Kier alpha value is -7.53. The molecule has 4 heterocycles. The minimum atomic E-state index is 0. The molecule has 292 valence electrons. The summed E-state index contributed by atoms with van der Waals surface area (Å²) in [4.78, 5) is 4.95. The third kappa shape index (κ3) is 6.15. The van der Waals surface area contributed by atoms with E-state index in [0.717, 1.165) is 94.2 Å². The van der Waals surface area contributed by atoms with Crippen LogP contribution in [0.1, 0.15) is 0 Å². The maximum absolute atomic E-state index is 6.61. The predicted molar refractivity (Wildman–Crippen MR) is 238 cm³/mol. The molecule has 0 spiro atoms. The number of benzene rings is 8. The fourth-order valence-corrected chi connectivity index (χ4v) is 8.54. The van der Waals surface area contributed by atoms with Gasteiger partial charge in [0.15, 0.2) is 0 Å². The molecule has 4 aromatic heterocycles. The maximum atomic E-state index is 6.61. The van der Waals surface area contributed by atoms with E-state index < -0.39 is 0 Å². The van der Waals surface area contributed by atoms with E-state index in [4.69, 9.17) is 14.1 Å². The molecule has 0 aliphatic heterocycles. The van der Waals surface area contributed by atoms with E-state index in [-0.39, 0.29) is 21.1 Å². The Morgan fingerprint density at radius 3 is 1.97 bits per heavy atom. The second-order valence-electron chi connectivity index (χ2n) is 14.8. The van der Waals surface area contributed by atoms with Crippen molar-refractivity contribution in [3.05, 3.63) is 213 Å². The number of rotatable bonds is 7. The number of furan rings is 1. The van der Waals surface area contributed by atoms with Crippen LogP contribution in [0.3, 0.4) is 0 Å². The zero-order valence-corrected chi connectivity index (χ0v) is 34.7. The topological polar surface area (TPSA) is 49.0 Å². The van der Waals surface area contributed by atoms with Crippen molar-refractivity contribution in [3.63, 3.8) is 0 Å². The summed E-state index contributed by atoms with van der Waals surface area (Å²) < 4.78 is 19.2. The zero-order chi connectivity index (χ0) is 39.6. The Morgan fingerprint density at radius 2 is 1.18 bits per heavy atom. The van der Waals surface area contributed by atoms with E-state index in [9.17, 15) is 0 Å². The summed E-state index contributed by atoms with van der Waals surface area (Å²) in [5, 5.41) is 4.17. The monoisotopic (exact) mass is 963 g/mol. The Kier molecular flexibility index (Phi) is 8.95. The molecule has 0 saturated carbocycles. The number of aromatic nitrogens is 4. The minimum absolute atomic E-state index is 0. The van der Waals surface area contributed by atoms with Gasteiger partial charge in [0.25, 0.3) is 6.33 Å². The predicted octanol–water partition coefficient (Wildman–Crippen LogP) is 12.8. The first-order chi connectivity index (χ1) is 29.7. The fourth-order valence-electron chi connectivity index (χ4n) is 8.54. The van der Waals surface area contributed by atoms with E-state index in [1.54, 1.807) is 0 Å². The molecule has 6 nitrogen and oxygen atoms in total. The smallest absolute Gasteiger partial charge is 0.268 e. The zero-order valence-electron chi connectivity index (χ0n) is 32.4. The molecular formula is C54H32N4O2Pt-2. The van der Waals surface area contributed by atoms with Gasteiger partial charge in [-0.3, -0.25) is 4.57 Å². The minimum Gasteiger partial charge on any atom is -0.510 e. The van der Waals surface area contributed by atoms with Crippen LogP contribution in [0.15, 0.2) is 199 Å². The van der Waals surface area contributed by atoms with Gasteiger partial charge in [-0.05, 0) is 45.5 Å². The van der Waals surface area contributed by atoms with Gasteiger partial charge in [0.05, 0.1) is 16.7 Å². The number of pyridine rings is 1. The molecule has 0 atom stereocenters. The first kappa shape index (κ1) is 36.5. The van der Waals surface area contributed by atoms with Crippen LogP contribution in [0.5, 0.6) is 11.5 Å². The van der Waals surface area contributed by atoms with Crippen molar-refractivity contribution in [3.8, 4) is 50.9 Å². The van der Waals surface area contributed by atoms with Crippen molar-refractivity contribution < 1.29 is 34.8 Å². The number of imidazole rings is 1. The maximum Gasteiger partial charge on any atom is 0.268 e. The first-order valence-electron chi connectivity index (χ1n) is 19.9. The van der Waals surface area contributed by atoms with Gasteiger partial charge in [-0.1, -0.05) is 145 Å². The van der Waals surface area contributed by atoms with Crippen LogP contribution in [-0.2, 0) is 21.1 Å². The Morgan fingerprint density at radius 1 is 0.525 bits per heavy atom. The summed E-state index contributed by atoms with van der Waals surface area (Å²) >= 11 is 0. The van der Waals surface area contributed by atoms with Crippen molar-refractivity contribution in [2.24, 2.45) is 0 Å². The SMILES string of the molecule is [Pt].[c-]1c(Oc2[c-]c3c(cc2)c2ccccc2n3-c2cc3oc4ccccc4c3cn2)cccc1-n1[c-][n+](-c2c(-c3ccccc3)cccc2-c2ccccc2)c2ccccc21. The molecule has 0 N–H and O–H groups in total. The summed E-state index contributed by atoms with van der Waals surface area (Å²) in [6, 6.07) is 71.5. The molecule has 8 aromatic carbocycles. The average Bonchev–Trinajstić information content (AvgIpc) is 3.99. The molecule has 0 amide bonds. The van der Waals surface area contributed by atoms with Crippen LogP contribution in [0.4, 0.5) is 0 Å². The van der Waals surface area contributed by atoms with Crippen molar-refractivity contribution >= 4 is 54.8 Å².